The van der Waals surface area contributed by atoms with Gasteiger partial charge in [-0.1, -0.05) is 130 Å². The zero-order chi connectivity index (χ0) is 64.8. The van der Waals surface area contributed by atoms with E-state index in [0.29, 0.717) is 38.0 Å². The average Bonchev–Trinajstić information content (AvgIpc) is 4.40. The minimum absolute atomic E-state index is 0.0220. The number of aliphatic carboxylic acids is 1. The summed E-state index contributed by atoms with van der Waals surface area (Å²) in [5.74, 6) is 0.0684. The number of hydrogen-bond donors (Lipinski definition) is 10. The van der Waals surface area contributed by atoms with Crippen molar-refractivity contribution < 1.29 is 74.9 Å². The number of ether oxygens (including phenoxy) is 2. The number of quaternary nitrogens is 1. The molecule has 0 aromatic heterocycles. The molecule has 0 bridgehead atoms. The van der Waals surface area contributed by atoms with E-state index in [1.54, 1.807) is 25.7 Å². The fourth-order valence-corrected chi connectivity index (χ4v) is 9.33. The molecule has 0 unspecified atom stereocenters. The van der Waals surface area contributed by atoms with Crippen LogP contribution in [-0.2, 0) is 32.2 Å². The second-order valence-electron chi connectivity index (χ2n) is 22.5. The van der Waals surface area contributed by atoms with Crippen LogP contribution < -0.4 is 10.6 Å². The first kappa shape index (κ1) is 88.2. The molecule has 0 radical (unpaired) electrons. The number of carboxylic acid groups (broad SMARTS) is 1. The molecule has 5 saturated heterocycles. The maximum absolute atomic E-state index is 12.2. The molecule has 25 heteroatoms. The zero-order valence-corrected chi connectivity index (χ0v) is 66.2. The number of carbonyl (C=O) groups is 3. The van der Waals surface area contributed by atoms with Gasteiger partial charge in [0.05, 0.1) is 50.7 Å². The van der Waals surface area contributed by atoms with Crippen LogP contribution in [0, 0.1) is 50.4 Å². The molecule has 5 heterocycles. The summed E-state index contributed by atoms with van der Waals surface area (Å²) >= 11 is 13.8. The van der Waals surface area contributed by atoms with Gasteiger partial charge >= 0.3 is 77.0 Å². The zero-order valence-electron chi connectivity index (χ0n) is 51.9. The second-order valence-corrected chi connectivity index (χ2v) is 57.8. The normalized spacial score (nSPS) is 24.1. The van der Waals surface area contributed by atoms with E-state index in [1.165, 1.54) is 32.7 Å². The van der Waals surface area contributed by atoms with Crippen molar-refractivity contribution in [3.63, 3.8) is 0 Å². The fourth-order valence-electron chi connectivity index (χ4n) is 9.33. The number of nitrogens with zero attached hydrogens (tertiary/aromatic N) is 3. The molecular weight excluding hydrogens is 1790 g/mol. The third-order valence-corrected chi connectivity index (χ3v) is 13.4. The Labute approximate surface area is 577 Å². The first-order chi connectivity index (χ1) is 38.8. The van der Waals surface area contributed by atoms with Crippen LogP contribution in [0.25, 0.3) is 0 Å². The predicted molar refractivity (Wildman–Crippen MR) is 384 cm³/mol. The summed E-state index contributed by atoms with van der Waals surface area (Å²) in [5, 5.41) is 78.5. The van der Waals surface area contributed by atoms with E-state index in [4.69, 9.17) is 39.8 Å². The number of carbonyl (C=O) groups excluding carboxylic acids is 2. The molecule has 2 aromatic carbocycles. The molecule has 0 aliphatic carbocycles. The van der Waals surface area contributed by atoms with Crippen molar-refractivity contribution in [3.8, 4) is 0 Å². The van der Waals surface area contributed by atoms with Gasteiger partial charge in [0.2, 0.25) is 0 Å². The number of halogens is 6. The third-order valence-electron chi connectivity index (χ3n) is 13.4. The van der Waals surface area contributed by atoms with E-state index in [2.05, 4.69) is 202 Å². The molecule has 2 amide bonds. The molecule has 18 nitrogen and oxygen atoms in total. The number of alkyl halides is 3. The second kappa shape index (κ2) is 49.7. The van der Waals surface area contributed by atoms with Crippen molar-refractivity contribution in [2.24, 2.45) is 29.6 Å². The molecule has 7 rings (SSSR count). The molecule has 486 valence electrons. The van der Waals surface area contributed by atoms with Gasteiger partial charge in [-0.25, -0.2) is 9.59 Å². The van der Waals surface area contributed by atoms with Crippen LogP contribution in [0.3, 0.4) is 0 Å². The number of likely N-dealkylation sites (tertiary alicyclic amines) is 3. The Bertz CT molecular complexity index is 1950. The van der Waals surface area contributed by atoms with Crippen LogP contribution >= 0.6 is 128 Å². The van der Waals surface area contributed by atoms with Crippen molar-refractivity contribution in [1.82, 2.24) is 20.0 Å². The Balaban J connectivity index is -0.000000946. The van der Waals surface area contributed by atoms with Gasteiger partial charge in [0.1, 0.15) is 23.9 Å². The van der Waals surface area contributed by atoms with Crippen LogP contribution in [0.1, 0.15) is 103 Å². The van der Waals surface area contributed by atoms with Gasteiger partial charge in [-0.15, -0.1) is 0 Å². The predicted octanol–water partition coefficient (Wildman–Crippen LogP) is 8.89. The summed E-state index contributed by atoms with van der Waals surface area (Å²) in [6.07, 6.45) is 0.599. The Morgan fingerprint density at radius 2 is 1.02 bits per heavy atom. The first-order valence-electron chi connectivity index (χ1n) is 27.9. The molecule has 5 aliphatic rings. The summed E-state index contributed by atoms with van der Waals surface area (Å²) in [4.78, 5) is 43.6. The van der Waals surface area contributed by atoms with E-state index in [0.717, 1.165) is 65.5 Å². The summed E-state index contributed by atoms with van der Waals surface area (Å²) in [6, 6.07) is 14.6. The number of hydrogen-bond acceptors (Lipinski definition) is 14. The van der Waals surface area contributed by atoms with Gasteiger partial charge in [-0.05, 0) is 125 Å². The topological polar surface area (TPSA) is 270 Å². The van der Waals surface area contributed by atoms with Crippen molar-refractivity contribution >= 4 is 146 Å². The van der Waals surface area contributed by atoms with Crippen LogP contribution in [0.5, 0.6) is 0 Å². The van der Waals surface area contributed by atoms with Crippen LogP contribution in [-0.4, -0.2) is 209 Å². The van der Waals surface area contributed by atoms with Crippen molar-refractivity contribution in [2.45, 2.75) is 151 Å². The van der Waals surface area contributed by atoms with E-state index < -0.39 is 35.5 Å². The Morgan fingerprint density at radius 3 is 1.35 bits per heavy atom. The van der Waals surface area contributed by atoms with E-state index in [1.807, 2.05) is 53.8 Å². The minimum atomic E-state index is -0.833. The molecule has 83 heavy (non-hydrogen) atoms. The van der Waals surface area contributed by atoms with Crippen molar-refractivity contribution in [1.29, 1.82) is 0 Å². The monoisotopic (exact) mass is 1890 g/mol. The van der Waals surface area contributed by atoms with Crippen LogP contribution in [0.2, 0.25) is 0 Å². The summed E-state index contributed by atoms with van der Waals surface area (Å²) in [6.45, 7) is 30.2. The molecular formula is C58H105I6N5O13V+. The van der Waals surface area contributed by atoms with Gasteiger partial charge < -0.3 is 70.8 Å². The number of nitrogens with two attached hydrogens (primary N) is 1. The summed E-state index contributed by atoms with van der Waals surface area (Å²) in [7, 11) is 0. The number of carboxylic acids is 1. The number of β-amino-alcohol motifs (C(OH)–C–C–N with tert-alkyl or cyclic N) is 4. The van der Waals surface area contributed by atoms with Crippen LogP contribution in [0.4, 0.5) is 9.59 Å². The average molecular weight is 1890 g/mol. The van der Waals surface area contributed by atoms with Crippen LogP contribution in [0.15, 0.2) is 42.5 Å². The Hall–Kier alpha value is 1.01. The quantitative estimate of drug-likeness (QED) is 0.0873. The number of aliphatic hydroxyl groups is 7. The molecule has 10 atom stereocenters. The number of rotatable bonds is 8. The number of aliphatic hydroxyl groups excluding tert-OH is 7. The summed E-state index contributed by atoms with van der Waals surface area (Å²) < 4.78 is 10.6. The van der Waals surface area contributed by atoms with Gasteiger partial charge in [-0.3, -0.25) is 9.69 Å². The number of aryl methyl sites for hydroxylation is 3. The van der Waals surface area contributed by atoms with E-state index >= 15 is 0 Å². The summed E-state index contributed by atoms with van der Waals surface area (Å²) in [5.41, 5.74) is 5.26. The molecule has 5 fully saturated rings. The fraction of sp³-hybridized carbons (Fsp3) is 0.741. The van der Waals surface area contributed by atoms with Crippen molar-refractivity contribution in [2.75, 3.05) is 93.5 Å². The van der Waals surface area contributed by atoms with Gasteiger partial charge in [0.15, 0.2) is 0 Å². The SMILES string of the molecule is CC(=O)O.CC(C)(C)OC(=O)N1C[C@H](CO)[C@@H](O)C1.CC[C@H]1CNC[C@@H]1O.CC[C@H]1C[NH2+]C[C@@H]1O.CI.CI.CI.Cc1cc(C)c(C[C@H]2CN(C(=O)OC(C)(C)C)C[C@@H]2O)c(C)c1.OC[C@H]1CN(Cc2ccccc2)C[C@@H]1O.[I][V]([I])[I]. The number of amides is 2. The van der Waals surface area contributed by atoms with Gasteiger partial charge in [0.25, 0.3) is 5.97 Å². The van der Waals surface area contributed by atoms with Gasteiger partial charge in [-0.2, -0.15) is 0 Å². The van der Waals surface area contributed by atoms with E-state index in [-0.39, 0.29) is 66.8 Å². The van der Waals surface area contributed by atoms with Crippen molar-refractivity contribution in [3.05, 3.63) is 70.3 Å². The Kier molecular flexibility index (Phi) is 52.8. The third kappa shape index (κ3) is 41.2. The molecule has 5 aliphatic heterocycles. The number of nitrogens with one attached hydrogen (secondary N) is 1. The first-order valence-corrected chi connectivity index (χ1v) is 47.9. The standard InChI is InChI=1S/C19H29NO3.C12H17NO2.C10H19NO4.2C6H13NO.C2H4O2.3CH3I.3HI.V/c1-12-7-13(2)16(14(3)8-12)9-15-10-20(11-17(15)21)18(22)23-19(4,5)6;14-9-11-7-13(8-12(11)15)6-10-4-2-1-3-5-10;1-10(2,3)15-9(14)11-4-7(6-12)8(13)5-11;2*1-2-5-3-7-4-6(5)8;1-2(3)4;3*1-2;;;;/h7-8,15,17,21H,9-11H2,1-6H3;1-5,11-12,14-15H,6-9H2;7-8,12-13H,4-6H2,1-3H3;2*5-8H,2-4H2,1H3;1H3,(H,3,4);3*1H3;3*1H;/q;;;;;;;;;;;;+3/p-2/t15-,17-;11-,12+;7-,8+;2*5-,6-;;;;;;;;/m01100......../s1. The molecule has 0 saturated carbocycles. The maximum atomic E-state index is 12.2. The number of benzene rings is 2. The van der Waals surface area contributed by atoms with Gasteiger partial charge in [0, 0.05) is 83.0 Å². The Morgan fingerprint density at radius 1 is 0.614 bits per heavy atom. The molecule has 2 aromatic rings. The molecule has 0 spiro atoms. The van der Waals surface area contributed by atoms with E-state index in [9.17, 15) is 24.9 Å². The molecule has 11 N–H and O–H groups in total.